The highest BCUT2D eigenvalue weighted by Crippen LogP contribution is 2.39. The van der Waals surface area contributed by atoms with Crippen molar-refractivity contribution in [1.82, 2.24) is 24.7 Å². The lowest BCUT2D eigenvalue weighted by Gasteiger charge is -2.46. The summed E-state index contributed by atoms with van der Waals surface area (Å²) in [5.41, 5.74) is 0.992. The Morgan fingerprint density at radius 2 is 1.96 bits per heavy atom. The molecule has 0 N–H and O–H groups in total. The molecular formula is C19H29N5O. The van der Waals surface area contributed by atoms with Crippen LogP contribution in [0.4, 0.5) is 0 Å². The van der Waals surface area contributed by atoms with Crippen molar-refractivity contribution < 1.29 is 4.79 Å². The van der Waals surface area contributed by atoms with Crippen LogP contribution in [0.3, 0.4) is 0 Å². The summed E-state index contributed by atoms with van der Waals surface area (Å²) in [7, 11) is 2.25. The van der Waals surface area contributed by atoms with Gasteiger partial charge in [-0.2, -0.15) is 0 Å². The quantitative estimate of drug-likeness (QED) is 0.814. The van der Waals surface area contributed by atoms with Crippen LogP contribution in [0.15, 0.2) is 18.6 Å². The monoisotopic (exact) mass is 343 g/mol. The Labute approximate surface area is 150 Å². The number of aromatic nitrogens is 2. The molecule has 136 valence electrons. The molecule has 1 spiro atoms. The van der Waals surface area contributed by atoms with E-state index in [-0.39, 0.29) is 5.91 Å². The molecule has 3 fully saturated rings. The standard InChI is InChI=1S/C19H29N5O/c1-22-12-6-19(14-22)5-2-9-24(15-19)16-3-10-23(11-4-16)18(25)17-13-20-7-8-21-17/h7-8,13,16H,2-6,9-12,14-15H2,1H3. The highest BCUT2D eigenvalue weighted by atomic mass is 16.2. The van der Waals surface area contributed by atoms with Crippen molar-refractivity contribution in [2.45, 2.75) is 38.1 Å². The zero-order valence-corrected chi connectivity index (χ0v) is 15.2. The van der Waals surface area contributed by atoms with Crippen LogP contribution in [0.1, 0.15) is 42.6 Å². The van der Waals surface area contributed by atoms with E-state index in [0.717, 1.165) is 25.9 Å². The third-order valence-corrected chi connectivity index (χ3v) is 6.37. The molecule has 1 atom stereocenters. The van der Waals surface area contributed by atoms with Gasteiger partial charge in [0.15, 0.2) is 0 Å². The fourth-order valence-corrected chi connectivity index (χ4v) is 5.06. The van der Waals surface area contributed by atoms with E-state index < -0.39 is 0 Å². The number of hydrogen-bond donors (Lipinski definition) is 0. The molecule has 3 aliphatic rings. The third kappa shape index (κ3) is 3.55. The minimum Gasteiger partial charge on any atom is -0.337 e. The lowest BCUT2D eigenvalue weighted by molar-refractivity contribution is 0.0302. The van der Waals surface area contributed by atoms with Crippen LogP contribution in [-0.2, 0) is 0 Å². The molecule has 4 heterocycles. The number of piperidine rings is 2. The van der Waals surface area contributed by atoms with E-state index in [1.807, 2.05) is 4.90 Å². The molecule has 0 aromatic carbocycles. The number of hydrogen-bond acceptors (Lipinski definition) is 5. The molecule has 3 aliphatic heterocycles. The van der Waals surface area contributed by atoms with Gasteiger partial charge in [0.2, 0.25) is 0 Å². The maximum absolute atomic E-state index is 12.5. The molecular weight excluding hydrogens is 314 g/mol. The van der Waals surface area contributed by atoms with E-state index in [9.17, 15) is 4.79 Å². The van der Waals surface area contributed by atoms with Gasteiger partial charge in [0.25, 0.3) is 5.91 Å². The minimum absolute atomic E-state index is 0.0269. The van der Waals surface area contributed by atoms with Crippen molar-refractivity contribution in [2.75, 3.05) is 46.3 Å². The minimum atomic E-state index is 0.0269. The third-order valence-electron chi connectivity index (χ3n) is 6.37. The van der Waals surface area contributed by atoms with Gasteiger partial charge in [-0.25, -0.2) is 4.98 Å². The first-order valence-electron chi connectivity index (χ1n) is 9.63. The van der Waals surface area contributed by atoms with Gasteiger partial charge in [-0.05, 0) is 57.7 Å². The van der Waals surface area contributed by atoms with E-state index in [0.29, 0.717) is 17.2 Å². The maximum atomic E-state index is 12.5. The summed E-state index contributed by atoms with van der Waals surface area (Å²) in [5.74, 6) is 0.0269. The van der Waals surface area contributed by atoms with Gasteiger partial charge in [0.05, 0.1) is 6.20 Å². The molecule has 3 saturated heterocycles. The Hall–Kier alpha value is -1.53. The molecule has 0 saturated carbocycles. The first-order valence-corrected chi connectivity index (χ1v) is 9.63. The molecule has 25 heavy (non-hydrogen) atoms. The zero-order chi connectivity index (χ0) is 17.3. The van der Waals surface area contributed by atoms with Gasteiger partial charge in [-0.3, -0.25) is 14.7 Å². The lowest BCUT2D eigenvalue weighted by Crippen LogP contribution is -2.52. The Kier molecular flexibility index (Phi) is 4.73. The zero-order valence-electron chi connectivity index (χ0n) is 15.2. The number of amides is 1. The smallest absolute Gasteiger partial charge is 0.274 e. The van der Waals surface area contributed by atoms with Crippen LogP contribution >= 0.6 is 0 Å². The van der Waals surface area contributed by atoms with Crippen molar-refractivity contribution >= 4 is 5.91 Å². The van der Waals surface area contributed by atoms with Crippen LogP contribution < -0.4 is 0 Å². The second-order valence-electron chi connectivity index (χ2n) is 8.18. The molecule has 4 rings (SSSR count). The lowest BCUT2D eigenvalue weighted by atomic mass is 9.78. The summed E-state index contributed by atoms with van der Waals surface area (Å²) >= 11 is 0. The van der Waals surface area contributed by atoms with Crippen LogP contribution in [0.2, 0.25) is 0 Å². The molecule has 0 radical (unpaired) electrons. The van der Waals surface area contributed by atoms with Crippen molar-refractivity contribution in [3.05, 3.63) is 24.3 Å². The summed E-state index contributed by atoms with van der Waals surface area (Å²) in [5, 5.41) is 0. The first kappa shape index (κ1) is 16.9. The average molecular weight is 343 g/mol. The summed E-state index contributed by atoms with van der Waals surface area (Å²) in [6.07, 6.45) is 11.0. The van der Waals surface area contributed by atoms with Gasteiger partial charge in [-0.15, -0.1) is 0 Å². The molecule has 1 unspecified atom stereocenters. The van der Waals surface area contributed by atoms with Gasteiger partial charge in [-0.1, -0.05) is 0 Å². The van der Waals surface area contributed by atoms with Crippen molar-refractivity contribution in [3.8, 4) is 0 Å². The highest BCUT2D eigenvalue weighted by molar-refractivity contribution is 5.92. The number of likely N-dealkylation sites (tertiary alicyclic amines) is 3. The van der Waals surface area contributed by atoms with Crippen LogP contribution in [0.5, 0.6) is 0 Å². The van der Waals surface area contributed by atoms with Gasteiger partial charge in [0.1, 0.15) is 5.69 Å². The van der Waals surface area contributed by atoms with E-state index in [2.05, 4.69) is 26.8 Å². The first-order chi connectivity index (χ1) is 12.2. The summed E-state index contributed by atoms with van der Waals surface area (Å²) in [4.78, 5) is 27.9. The fraction of sp³-hybridized carbons (Fsp3) is 0.737. The largest absolute Gasteiger partial charge is 0.337 e. The van der Waals surface area contributed by atoms with Crippen LogP contribution in [0, 0.1) is 5.41 Å². The van der Waals surface area contributed by atoms with E-state index in [1.54, 1.807) is 18.6 Å². The highest BCUT2D eigenvalue weighted by Gasteiger charge is 2.42. The van der Waals surface area contributed by atoms with E-state index >= 15 is 0 Å². The second-order valence-corrected chi connectivity index (χ2v) is 8.18. The Morgan fingerprint density at radius 1 is 1.12 bits per heavy atom. The predicted molar refractivity (Wildman–Crippen MR) is 96.3 cm³/mol. The van der Waals surface area contributed by atoms with E-state index in [4.69, 9.17) is 0 Å². The normalized spacial score (nSPS) is 29.4. The molecule has 0 bridgehead atoms. The Bertz CT molecular complexity index is 597. The Morgan fingerprint density at radius 3 is 2.64 bits per heavy atom. The molecule has 6 heteroatoms. The number of rotatable bonds is 2. The Balaban J connectivity index is 1.33. The molecule has 1 aromatic heterocycles. The average Bonchev–Trinajstić information content (AvgIpc) is 3.01. The molecule has 1 aromatic rings. The van der Waals surface area contributed by atoms with Crippen molar-refractivity contribution in [3.63, 3.8) is 0 Å². The van der Waals surface area contributed by atoms with E-state index in [1.165, 1.54) is 45.4 Å². The summed E-state index contributed by atoms with van der Waals surface area (Å²) in [6.45, 7) is 6.66. The van der Waals surface area contributed by atoms with Gasteiger partial charge in [0, 0.05) is 44.6 Å². The number of carbonyl (C=O) groups is 1. The summed E-state index contributed by atoms with van der Waals surface area (Å²) < 4.78 is 0. The van der Waals surface area contributed by atoms with Crippen molar-refractivity contribution in [1.29, 1.82) is 0 Å². The summed E-state index contributed by atoms with van der Waals surface area (Å²) in [6, 6.07) is 0.633. The fourth-order valence-electron chi connectivity index (χ4n) is 5.06. The molecule has 1 amide bonds. The van der Waals surface area contributed by atoms with Gasteiger partial charge < -0.3 is 9.80 Å². The topological polar surface area (TPSA) is 52.6 Å². The predicted octanol–water partition coefficient (Wildman–Crippen LogP) is 1.50. The molecule has 6 nitrogen and oxygen atoms in total. The van der Waals surface area contributed by atoms with Gasteiger partial charge >= 0.3 is 0 Å². The van der Waals surface area contributed by atoms with Crippen LogP contribution in [-0.4, -0.2) is 82.9 Å². The number of carbonyl (C=O) groups excluding carboxylic acids is 1. The van der Waals surface area contributed by atoms with Crippen LogP contribution in [0.25, 0.3) is 0 Å². The van der Waals surface area contributed by atoms with Crippen molar-refractivity contribution in [2.24, 2.45) is 5.41 Å². The SMILES string of the molecule is CN1CCC2(CCCN(C3CCN(C(=O)c4cnccn4)CC3)C2)C1. The molecule has 0 aliphatic carbocycles. The second kappa shape index (κ2) is 7.00. The maximum Gasteiger partial charge on any atom is 0.274 e. The number of nitrogens with zero attached hydrogens (tertiary/aromatic N) is 5.